The molecule has 5 heteroatoms. The zero-order chi connectivity index (χ0) is 19.5. The fourth-order valence-corrected chi connectivity index (χ4v) is 4.91. The minimum Gasteiger partial charge on any atom is -0.383 e. The van der Waals surface area contributed by atoms with E-state index < -0.39 is 5.60 Å². The Bertz CT molecular complexity index is 1040. The number of aromatic nitrogens is 1. The van der Waals surface area contributed by atoms with Crippen LogP contribution in [0.15, 0.2) is 42.5 Å². The standard InChI is InChI=1S/C23H24ClFN2O/c1-26-11-10-22-20(13-26)19-12-17(24)6-9-21(19)27(22)14-23(28,15-2-3-15)16-4-7-18(25)8-5-16/h4-9,12,15,28H,2-3,10-11,13-14H2,1H3. The molecule has 28 heavy (non-hydrogen) atoms. The lowest BCUT2D eigenvalue weighted by Gasteiger charge is -2.32. The maximum absolute atomic E-state index is 13.5. The van der Waals surface area contributed by atoms with E-state index in [-0.39, 0.29) is 11.7 Å². The van der Waals surface area contributed by atoms with Gasteiger partial charge in [-0.15, -0.1) is 0 Å². The second kappa shape index (κ2) is 6.58. The van der Waals surface area contributed by atoms with Gasteiger partial charge in [-0.2, -0.15) is 0 Å². The van der Waals surface area contributed by atoms with Gasteiger partial charge in [-0.25, -0.2) is 4.39 Å². The molecule has 0 bridgehead atoms. The van der Waals surface area contributed by atoms with Crippen molar-refractivity contribution in [3.63, 3.8) is 0 Å². The molecule has 146 valence electrons. The molecular formula is C23H24ClFN2O. The number of fused-ring (bicyclic) bond motifs is 3. The van der Waals surface area contributed by atoms with Crippen LogP contribution in [-0.4, -0.2) is 28.2 Å². The first-order valence-electron chi connectivity index (χ1n) is 9.92. The molecule has 0 saturated heterocycles. The number of hydrogen-bond donors (Lipinski definition) is 1. The van der Waals surface area contributed by atoms with Gasteiger partial charge < -0.3 is 14.6 Å². The topological polar surface area (TPSA) is 28.4 Å². The molecule has 1 aromatic heterocycles. The van der Waals surface area contributed by atoms with Crippen molar-refractivity contribution in [2.24, 2.45) is 5.92 Å². The Morgan fingerprint density at radius 2 is 1.93 bits per heavy atom. The summed E-state index contributed by atoms with van der Waals surface area (Å²) in [5.74, 6) is -0.0620. The van der Waals surface area contributed by atoms with E-state index in [9.17, 15) is 9.50 Å². The molecule has 5 rings (SSSR count). The van der Waals surface area contributed by atoms with Gasteiger partial charge >= 0.3 is 0 Å². The summed E-state index contributed by atoms with van der Waals surface area (Å²) in [5, 5.41) is 13.7. The van der Waals surface area contributed by atoms with E-state index >= 15 is 0 Å². The van der Waals surface area contributed by atoms with Gasteiger partial charge in [-0.05, 0) is 67.3 Å². The van der Waals surface area contributed by atoms with Crippen molar-refractivity contribution in [3.05, 3.63) is 70.1 Å². The fraction of sp³-hybridized carbons (Fsp3) is 0.391. The zero-order valence-corrected chi connectivity index (χ0v) is 16.7. The Hall–Kier alpha value is -1.88. The number of nitrogens with zero attached hydrogens (tertiary/aromatic N) is 2. The van der Waals surface area contributed by atoms with E-state index in [0.717, 1.165) is 48.5 Å². The van der Waals surface area contributed by atoms with Crippen LogP contribution in [-0.2, 0) is 25.1 Å². The van der Waals surface area contributed by atoms with Crippen LogP contribution in [0.5, 0.6) is 0 Å². The molecular weight excluding hydrogens is 375 g/mol. The average Bonchev–Trinajstić information content (AvgIpc) is 3.49. The lowest BCUT2D eigenvalue weighted by Crippen LogP contribution is -2.35. The number of benzene rings is 2. The molecule has 0 radical (unpaired) electrons. The molecule has 1 unspecified atom stereocenters. The molecule has 1 N–H and O–H groups in total. The summed E-state index contributed by atoms with van der Waals surface area (Å²) in [6.07, 6.45) is 2.95. The summed E-state index contributed by atoms with van der Waals surface area (Å²) in [6.45, 7) is 2.37. The van der Waals surface area contributed by atoms with Crippen LogP contribution in [0.2, 0.25) is 5.02 Å². The number of likely N-dealkylation sites (N-methyl/N-ethyl adjacent to an activating group) is 1. The molecule has 1 atom stereocenters. The Balaban J connectivity index is 1.65. The highest BCUT2D eigenvalue weighted by atomic mass is 35.5. The van der Waals surface area contributed by atoms with Crippen LogP contribution in [0.25, 0.3) is 10.9 Å². The van der Waals surface area contributed by atoms with Crippen LogP contribution < -0.4 is 0 Å². The average molecular weight is 399 g/mol. The van der Waals surface area contributed by atoms with Gasteiger partial charge in [-0.3, -0.25) is 0 Å². The second-order valence-corrected chi connectivity index (χ2v) is 8.80. The molecule has 2 aromatic carbocycles. The van der Waals surface area contributed by atoms with Gasteiger partial charge in [0.15, 0.2) is 0 Å². The third-order valence-corrected chi connectivity index (χ3v) is 6.64. The van der Waals surface area contributed by atoms with Gasteiger partial charge in [0.1, 0.15) is 11.4 Å². The summed E-state index contributed by atoms with van der Waals surface area (Å²) in [7, 11) is 2.13. The van der Waals surface area contributed by atoms with Crippen LogP contribution >= 0.6 is 11.6 Å². The summed E-state index contributed by atoms with van der Waals surface area (Å²) in [6, 6.07) is 12.4. The van der Waals surface area contributed by atoms with Crippen molar-refractivity contribution >= 4 is 22.5 Å². The number of halogens is 2. The van der Waals surface area contributed by atoms with E-state index in [4.69, 9.17) is 11.6 Å². The van der Waals surface area contributed by atoms with E-state index in [2.05, 4.69) is 22.6 Å². The predicted octanol–water partition coefficient (Wildman–Crippen LogP) is 4.72. The summed E-state index contributed by atoms with van der Waals surface area (Å²) >= 11 is 6.30. The first-order valence-corrected chi connectivity index (χ1v) is 10.3. The van der Waals surface area contributed by atoms with E-state index in [1.807, 2.05) is 12.1 Å². The lowest BCUT2D eigenvalue weighted by molar-refractivity contribution is -0.00430. The molecule has 3 aromatic rings. The van der Waals surface area contributed by atoms with Crippen LogP contribution in [0.4, 0.5) is 4.39 Å². The first kappa shape index (κ1) is 18.2. The van der Waals surface area contributed by atoms with Crippen LogP contribution in [0.3, 0.4) is 0 Å². The summed E-state index contributed by atoms with van der Waals surface area (Å²) < 4.78 is 15.8. The monoisotopic (exact) mass is 398 g/mol. The SMILES string of the molecule is CN1CCc2c(c3cc(Cl)ccc3n2CC(O)(c2ccc(F)cc2)C2CC2)C1. The largest absolute Gasteiger partial charge is 0.383 e. The predicted molar refractivity (Wildman–Crippen MR) is 110 cm³/mol. The first-order chi connectivity index (χ1) is 13.5. The summed E-state index contributed by atoms with van der Waals surface area (Å²) in [5.41, 5.74) is 3.52. The minimum atomic E-state index is -0.990. The molecule has 1 saturated carbocycles. The van der Waals surface area contributed by atoms with Crippen LogP contribution in [0.1, 0.15) is 29.7 Å². The number of rotatable bonds is 4. The van der Waals surface area contributed by atoms with Gasteiger partial charge in [0.2, 0.25) is 0 Å². The van der Waals surface area contributed by atoms with Gasteiger partial charge in [0.05, 0.1) is 6.54 Å². The van der Waals surface area contributed by atoms with Crippen molar-refractivity contribution in [1.82, 2.24) is 9.47 Å². The van der Waals surface area contributed by atoms with E-state index in [1.54, 1.807) is 12.1 Å². The van der Waals surface area contributed by atoms with Crippen molar-refractivity contribution < 1.29 is 9.50 Å². The normalized spacial score (nSPS) is 19.6. The van der Waals surface area contributed by atoms with Gasteiger partial charge in [0.25, 0.3) is 0 Å². The highest BCUT2D eigenvalue weighted by Gasteiger charge is 2.46. The summed E-state index contributed by atoms with van der Waals surface area (Å²) in [4.78, 5) is 2.32. The van der Waals surface area contributed by atoms with Crippen molar-refractivity contribution in [2.75, 3.05) is 13.6 Å². The fourth-order valence-electron chi connectivity index (χ4n) is 4.73. The molecule has 1 fully saturated rings. The zero-order valence-electron chi connectivity index (χ0n) is 16.0. The molecule has 2 heterocycles. The Morgan fingerprint density at radius 3 is 2.64 bits per heavy atom. The molecule has 3 nitrogen and oxygen atoms in total. The molecule has 2 aliphatic rings. The van der Waals surface area contributed by atoms with Crippen molar-refractivity contribution in [2.45, 2.75) is 38.0 Å². The number of aliphatic hydroxyl groups is 1. The maximum atomic E-state index is 13.5. The van der Waals surface area contributed by atoms with E-state index in [1.165, 1.54) is 28.8 Å². The Kier molecular flexibility index (Phi) is 4.27. The van der Waals surface area contributed by atoms with Gasteiger partial charge in [-0.1, -0.05) is 23.7 Å². The van der Waals surface area contributed by atoms with Crippen molar-refractivity contribution in [1.29, 1.82) is 0 Å². The molecule has 0 amide bonds. The smallest absolute Gasteiger partial charge is 0.123 e. The lowest BCUT2D eigenvalue weighted by atomic mass is 9.88. The van der Waals surface area contributed by atoms with Crippen molar-refractivity contribution in [3.8, 4) is 0 Å². The molecule has 1 aliphatic carbocycles. The minimum absolute atomic E-state index is 0.213. The third-order valence-electron chi connectivity index (χ3n) is 6.40. The second-order valence-electron chi connectivity index (χ2n) is 8.37. The van der Waals surface area contributed by atoms with Gasteiger partial charge in [0, 0.05) is 41.1 Å². The van der Waals surface area contributed by atoms with Crippen LogP contribution in [0, 0.1) is 11.7 Å². The van der Waals surface area contributed by atoms with E-state index in [0.29, 0.717) is 6.54 Å². The molecule has 1 aliphatic heterocycles. The maximum Gasteiger partial charge on any atom is 0.123 e. The third kappa shape index (κ3) is 2.95. The number of hydrogen-bond acceptors (Lipinski definition) is 2. The Morgan fingerprint density at radius 1 is 1.18 bits per heavy atom. The highest BCUT2D eigenvalue weighted by molar-refractivity contribution is 6.31. The Labute approximate surface area is 169 Å². The molecule has 0 spiro atoms. The quantitative estimate of drug-likeness (QED) is 0.688. The highest BCUT2D eigenvalue weighted by Crippen LogP contribution is 2.48.